The molecule has 0 radical (unpaired) electrons. The molecule has 12 aliphatic rings. The lowest BCUT2D eigenvalue weighted by molar-refractivity contribution is -0.145. The molecule has 12 aliphatic carbocycles. The number of benzene rings is 4. The zero-order chi connectivity index (χ0) is 36.5. The number of allylic oxidation sites excluding steroid dienone is 8. The van der Waals surface area contributed by atoms with Crippen LogP contribution in [-0.4, -0.2) is 12.6 Å². The highest BCUT2D eigenvalue weighted by Gasteiger charge is 2.80. The van der Waals surface area contributed by atoms with Crippen LogP contribution in [0.5, 0.6) is 0 Å². The van der Waals surface area contributed by atoms with E-state index in [9.17, 15) is 4.79 Å². The van der Waals surface area contributed by atoms with Gasteiger partial charge in [0.2, 0.25) is 0 Å². The third kappa shape index (κ3) is 2.43. The number of carbonyl (C=O) groups excluding carboxylic acids is 1. The Hall–Kier alpha value is -4.95. The average Bonchev–Trinajstić information content (AvgIpc) is 3.91. The molecule has 57 heavy (non-hydrogen) atoms. The van der Waals surface area contributed by atoms with E-state index in [1.807, 2.05) is 16.7 Å². The Balaban J connectivity index is 1.02. The van der Waals surface area contributed by atoms with Crippen LogP contribution in [0.1, 0.15) is 128 Å². The third-order valence-corrected chi connectivity index (χ3v) is 19.3. The number of carbonyl (C=O) groups is 1. The molecule has 0 N–H and O–H groups in total. The molecule has 0 aromatic heterocycles. The zero-order valence-corrected chi connectivity index (χ0v) is 32.5. The monoisotopic (exact) mass is 732 g/mol. The summed E-state index contributed by atoms with van der Waals surface area (Å²) in [7, 11) is 0. The minimum absolute atomic E-state index is 0.0171. The summed E-state index contributed by atoms with van der Waals surface area (Å²) in [5.41, 5.74) is 25.6. The Morgan fingerprint density at radius 1 is 0.842 bits per heavy atom. The van der Waals surface area contributed by atoms with Gasteiger partial charge in [-0.15, -0.1) is 0 Å². The van der Waals surface area contributed by atoms with Crippen molar-refractivity contribution in [2.75, 3.05) is 6.61 Å². The number of esters is 1. The van der Waals surface area contributed by atoms with Crippen LogP contribution < -0.4 is 15.7 Å². The second kappa shape index (κ2) is 8.18. The van der Waals surface area contributed by atoms with Crippen LogP contribution in [0.25, 0.3) is 71.0 Å². The van der Waals surface area contributed by atoms with Crippen molar-refractivity contribution in [3.05, 3.63) is 120 Å². The van der Waals surface area contributed by atoms with Gasteiger partial charge in [0, 0.05) is 40.9 Å². The van der Waals surface area contributed by atoms with E-state index in [-0.39, 0.29) is 16.8 Å². The normalized spacial score (nSPS) is 33.2. The van der Waals surface area contributed by atoms with Crippen molar-refractivity contribution in [3.8, 4) is 0 Å². The molecule has 0 bridgehead atoms. The van der Waals surface area contributed by atoms with Crippen LogP contribution >= 0.6 is 0 Å². The molecule has 0 amide bonds. The Morgan fingerprint density at radius 2 is 1.70 bits per heavy atom. The van der Waals surface area contributed by atoms with Crippen molar-refractivity contribution < 1.29 is 9.53 Å². The third-order valence-electron chi connectivity index (χ3n) is 19.3. The Kier molecular flexibility index (Phi) is 4.08. The minimum atomic E-state index is -0.0820. The van der Waals surface area contributed by atoms with Crippen LogP contribution in [-0.2, 0) is 20.4 Å². The zero-order valence-electron chi connectivity index (χ0n) is 32.5. The molecule has 2 nitrogen and oxygen atoms in total. The first kappa shape index (κ1) is 28.5. The molecule has 2 heteroatoms. The maximum absolute atomic E-state index is 13.4. The summed E-state index contributed by atoms with van der Waals surface area (Å²) in [6, 6.07) is 11.7. The average molecular weight is 733 g/mol. The minimum Gasteiger partial charge on any atom is -0.465 e. The molecule has 8 unspecified atom stereocenters. The number of fused-ring (bicyclic) bond motifs is 1. The van der Waals surface area contributed by atoms with Gasteiger partial charge in [-0.2, -0.15) is 0 Å². The van der Waals surface area contributed by atoms with Crippen LogP contribution in [0, 0.1) is 17.8 Å². The Bertz CT molecular complexity index is 3560. The van der Waals surface area contributed by atoms with Gasteiger partial charge >= 0.3 is 5.97 Å². The smallest absolute Gasteiger partial charge is 0.305 e. The molecule has 0 heterocycles. The topological polar surface area (TPSA) is 26.3 Å². The van der Waals surface area contributed by atoms with E-state index >= 15 is 0 Å². The molecule has 1 saturated carbocycles. The van der Waals surface area contributed by atoms with E-state index in [1.54, 1.807) is 120 Å². The van der Waals surface area contributed by atoms with E-state index in [0.29, 0.717) is 48.5 Å². The van der Waals surface area contributed by atoms with Crippen LogP contribution in [0.2, 0.25) is 0 Å². The van der Waals surface area contributed by atoms with Gasteiger partial charge in [-0.3, -0.25) is 4.79 Å². The number of hydrogen-bond donors (Lipinski definition) is 0. The summed E-state index contributed by atoms with van der Waals surface area (Å²) in [6.45, 7) is 4.90. The molecule has 272 valence electrons. The number of ether oxygens (including phenoxy) is 1. The first-order chi connectivity index (χ1) is 28.0. The van der Waals surface area contributed by atoms with Crippen LogP contribution in [0.3, 0.4) is 0 Å². The maximum atomic E-state index is 13.4. The summed E-state index contributed by atoms with van der Waals surface area (Å²) in [6.07, 6.45) is 17.7. The van der Waals surface area contributed by atoms with Crippen molar-refractivity contribution in [2.45, 2.75) is 100 Å². The molecule has 6 aromatic carbocycles. The molecule has 1 fully saturated rings. The Labute approximate surface area is 329 Å². The van der Waals surface area contributed by atoms with E-state index < -0.39 is 0 Å². The first-order valence-electron chi connectivity index (χ1n) is 22.5. The quantitative estimate of drug-likeness (QED) is 0.0885. The van der Waals surface area contributed by atoms with Gasteiger partial charge in [0.25, 0.3) is 0 Å². The van der Waals surface area contributed by atoms with Crippen LogP contribution in [0.4, 0.5) is 0 Å². The molecular formula is C55H40O2. The lowest BCUT2D eigenvalue weighted by atomic mass is 9.61. The van der Waals surface area contributed by atoms with Gasteiger partial charge in [0.1, 0.15) is 0 Å². The van der Waals surface area contributed by atoms with Crippen molar-refractivity contribution in [1.29, 1.82) is 0 Å². The lowest BCUT2D eigenvalue weighted by Gasteiger charge is -2.42. The Morgan fingerprint density at radius 3 is 2.60 bits per heavy atom. The highest BCUT2D eigenvalue weighted by molar-refractivity contribution is 6.42. The van der Waals surface area contributed by atoms with Gasteiger partial charge < -0.3 is 4.74 Å². The molecule has 18 rings (SSSR count). The SMILES string of the molecule is CCC(C)COC(=O)CCCC1(c2ccccc2)C2C3=c4c5c6c7c8c9c%10c%11c%12c%13c%14c%15c(c4c%13c5c%118)=C(CC%15=CC4CC5=C(C%10C(=CC=9CC7=CC621)C5)C%12C%144)C3. The predicted octanol–water partition coefficient (Wildman–Crippen LogP) is 9.87. The number of rotatable bonds is 8. The van der Waals surface area contributed by atoms with Gasteiger partial charge in [-0.25, -0.2) is 0 Å². The second-order valence-corrected chi connectivity index (χ2v) is 21.0. The van der Waals surface area contributed by atoms with E-state index in [2.05, 4.69) is 62.4 Å². The maximum Gasteiger partial charge on any atom is 0.305 e. The van der Waals surface area contributed by atoms with Gasteiger partial charge in [-0.1, -0.05) is 96.7 Å². The molecular weight excluding hydrogens is 693 g/mol. The summed E-state index contributed by atoms with van der Waals surface area (Å²) in [5.74, 6) is 3.17. The fourth-order valence-corrected chi connectivity index (χ4v) is 17.9. The van der Waals surface area contributed by atoms with Crippen molar-refractivity contribution in [2.24, 2.45) is 17.8 Å². The summed E-state index contributed by atoms with van der Waals surface area (Å²) < 4.78 is 5.88. The highest BCUT2D eigenvalue weighted by atomic mass is 16.5. The first-order valence-corrected chi connectivity index (χ1v) is 22.5. The second-order valence-electron chi connectivity index (χ2n) is 21.0. The van der Waals surface area contributed by atoms with Crippen molar-refractivity contribution in [1.82, 2.24) is 0 Å². The summed E-state index contributed by atoms with van der Waals surface area (Å²) in [4.78, 5) is 13.4. The largest absolute Gasteiger partial charge is 0.465 e. The van der Waals surface area contributed by atoms with Crippen molar-refractivity contribution in [3.63, 3.8) is 0 Å². The standard InChI is InChI=1S/C55H40O2/c1-3-21(2)20-57-31(56)10-7-11-54(29-8-5-4-6-9-29)53-30-18-27-16-24-14-25-13-22-12-23-15-26-17-28-19-55(53,54)52-38(28)43-37(26)42-33(23)32(22)40-36(25)41-34(24)35(27)44-39(30)51(52)50-48(43)46(42)45(40)47(41)49(44)50/h4-6,8-9,14-15,19,21,25,33,36,40,53H,3,7,10-13,16-18,20H2,1-2H3. The summed E-state index contributed by atoms with van der Waals surface area (Å²) in [5, 5.41) is 18.6. The van der Waals surface area contributed by atoms with Gasteiger partial charge in [0.15, 0.2) is 0 Å². The molecule has 8 atom stereocenters. The van der Waals surface area contributed by atoms with Crippen LogP contribution in [0.15, 0.2) is 65.3 Å². The fraction of sp³-hybridized carbons (Fsp3) is 0.364. The summed E-state index contributed by atoms with van der Waals surface area (Å²) >= 11 is 0. The van der Waals surface area contributed by atoms with E-state index in [1.165, 1.54) is 18.4 Å². The molecule has 0 saturated heterocycles. The van der Waals surface area contributed by atoms with E-state index in [0.717, 1.165) is 38.5 Å². The number of hydrogen-bond acceptors (Lipinski definition) is 2. The highest BCUT2D eigenvalue weighted by Crippen LogP contribution is 2.83. The van der Waals surface area contributed by atoms with Crippen molar-refractivity contribution >= 4 is 76.9 Å². The van der Waals surface area contributed by atoms with E-state index in [4.69, 9.17) is 4.74 Å². The molecule has 6 aromatic rings. The van der Waals surface area contributed by atoms with Gasteiger partial charge in [-0.05, 0) is 171 Å². The molecule has 1 spiro atoms. The fourth-order valence-electron chi connectivity index (χ4n) is 17.9. The lowest BCUT2D eigenvalue weighted by Crippen LogP contribution is -2.31. The predicted molar refractivity (Wildman–Crippen MR) is 227 cm³/mol. The van der Waals surface area contributed by atoms with Gasteiger partial charge in [0.05, 0.1) is 6.61 Å². The molecule has 0 aliphatic heterocycles.